The highest BCUT2D eigenvalue weighted by molar-refractivity contribution is 6.42. The minimum absolute atomic E-state index is 0.551. The Balaban J connectivity index is 1.85. The molecule has 0 spiro atoms. The van der Waals surface area contributed by atoms with E-state index < -0.39 is 0 Å². The first-order valence-electron chi connectivity index (χ1n) is 6.63. The van der Waals surface area contributed by atoms with Crippen LogP contribution in [0.3, 0.4) is 0 Å². The highest BCUT2D eigenvalue weighted by atomic mass is 35.5. The third-order valence-electron chi connectivity index (χ3n) is 3.42. The summed E-state index contributed by atoms with van der Waals surface area (Å²) < 4.78 is 0. The zero-order chi connectivity index (χ0) is 13.0. The number of piperidine rings is 1. The van der Waals surface area contributed by atoms with Crippen LogP contribution in [0.15, 0.2) is 18.2 Å². The second-order valence-corrected chi connectivity index (χ2v) is 5.70. The van der Waals surface area contributed by atoms with E-state index >= 15 is 0 Å². The molecule has 2 nitrogen and oxygen atoms in total. The number of halogens is 2. The number of benzene rings is 1. The van der Waals surface area contributed by atoms with E-state index in [9.17, 15) is 0 Å². The van der Waals surface area contributed by atoms with E-state index in [1.54, 1.807) is 0 Å². The van der Waals surface area contributed by atoms with E-state index in [0.29, 0.717) is 16.1 Å². The third-order valence-corrected chi connectivity index (χ3v) is 4.16. The van der Waals surface area contributed by atoms with Gasteiger partial charge in [-0.15, -0.1) is 0 Å². The second-order valence-electron chi connectivity index (χ2n) is 4.89. The fraction of sp³-hybridized carbons (Fsp3) is 0.571. The van der Waals surface area contributed by atoms with E-state index in [0.717, 1.165) is 5.69 Å². The van der Waals surface area contributed by atoms with Gasteiger partial charge in [0.1, 0.15) is 0 Å². The predicted octanol–water partition coefficient (Wildman–Crippen LogP) is 4.28. The first kappa shape index (κ1) is 14.0. The SMILES string of the molecule is CCCN1CCC(Nc2ccc(Cl)c(Cl)c2)CC1. The van der Waals surface area contributed by atoms with Crippen molar-refractivity contribution < 1.29 is 0 Å². The molecule has 1 N–H and O–H groups in total. The zero-order valence-electron chi connectivity index (χ0n) is 10.8. The molecule has 1 aliphatic heterocycles. The molecule has 1 aromatic rings. The number of nitrogens with one attached hydrogen (secondary N) is 1. The maximum absolute atomic E-state index is 6.02. The summed E-state index contributed by atoms with van der Waals surface area (Å²) in [6.07, 6.45) is 3.63. The molecule has 100 valence electrons. The van der Waals surface area contributed by atoms with E-state index in [1.165, 1.54) is 38.9 Å². The molecule has 0 bridgehead atoms. The minimum Gasteiger partial charge on any atom is -0.382 e. The highest BCUT2D eigenvalue weighted by Crippen LogP contribution is 2.26. The maximum Gasteiger partial charge on any atom is 0.0612 e. The van der Waals surface area contributed by atoms with Crippen LogP contribution in [-0.2, 0) is 0 Å². The Morgan fingerprint density at radius 1 is 1.22 bits per heavy atom. The summed E-state index contributed by atoms with van der Waals surface area (Å²) in [6.45, 7) is 5.83. The molecular formula is C14H20Cl2N2. The summed E-state index contributed by atoms with van der Waals surface area (Å²) in [6, 6.07) is 6.29. The fourth-order valence-electron chi connectivity index (χ4n) is 2.44. The van der Waals surface area contributed by atoms with Gasteiger partial charge in [-0.3, -0.25) is 0 Å². The van der Waals surface area contributed by atoms with Crippen molar-refractivity contribution in [3.05, 3.63) is 28.2 Å². The molecule has 4 heteroatoms. The molecule has 1 heterocycles. The van der Waals surface area contributed by atoms with Crippen LogP contribution < -0.4 is 5.32 Å². The smallest absolute Gasteiger partial charge is 0.0612 e. The summed E-state index contributed by atoms with van der Waals surface area (Å²) in [4.78, 5) is 2.53. The first-order valence-corrected chi connectivity index (χ1v) is 7.38. The van der Waals surface area contributed by atoms with Crippen LogP contribution in [0.1, 0.15) is 26.2 Å². The molecule has 0 aliphatic carbocycles. The summed E-state index contributed by atoms with van der Waals surface area (Å²) >= 11 is 11.9. The van der Waals surface area contributed by atoms with Crippen LogP contribution in [0.2, 0.25) is 10.0 Å². The number of hydrogen-bond donors (Lipinski definition) is 1. The van der Waals surface area contributed by atoms with Crippen molar-refractivity contribution in [2.75, 3.05) is 25.0 Å². The lowest BCUT2D eigenvalue weighted by Crippen LogP contribution is -2.39. The van der Waals surface area contributed by atoms with E-state index in [1.807, 2.05) is 18.2 Å². The van der Waals surface area contributed by atoms with Gasteiger partial charge in [0, 0.05) is 24.8 Å². The van der Waals surface area contributed by atoms with Gasteiger partial charge in [0.05, 0.1) is 10.0 Å². The van der Waals surface area contributed by atoms with Gasteiger partial charge in [-0.25, -0.2) is 0 Å². The summed E-state index contributed by atoms with van der Waals surface area (Å²) in [7, 11) is 0. The standard InChI is InChI=1S/C14H20Cl2N2/c1-2-7-18-8-5-11(6-9-18)17-12-3-4-13(15)14(16)10-12/h3-4,10-11,17H,2,5-9H2,1H3. The monoisotopic (exact) mass is 286 g/mol. The van der Waals surface area contributed by atoms with Gasteiger partial charge >= 0.3 is 0 Å². The summed E-state index contributed by atoms with van der Waals surface area (Å²) in [5, 5.41) is 4.77. The Labute approximate surface area is 119 Å². The van der Waals surface area contributed by atoms with Crippen molar-refractivity contribution in [2.45, 2.75) is 32.2 Å². The van der Waals surface area contributed by atoms with E-state index in [4.69, 9.17) is 23.2 Å². The molecule has 0 unspecified atom stereocenters. The van der Waals surface area contributed by atoms with Gasteiger partial charge in [0.2, 0.25) is 0 Å². The molecule has 1 saturated heterocycles. The van der Waals surface area contributed by atoms with Crippen LogP contribution in [0.5, 0.6) is 0 Å². The van der Waals surface area contributed by atoms with Crippen molar-refractivity contribution in [1.82, 2.24) is 4.90 Å². The van der Waals surface area contributed by atoms with Gasteiger partial charge in [0.25, 0.3) is 0 Å². The van der Waals surface area contributed by atoms with Crippen LogP contribution >= 0.6 is 23.2 Å². The van der Waals surface area contributed by atoms with Crippen molar-refractivity contribution in [3.63, 3.8) is 0 Å². The van der Waals surface area contributed by atoms with Gasteiger partial charge in [-0.1, -0.05) is 30.1 Å². The molecule has 0 atom stereocenters. The first-order chi connectivity index (χ1) is 8.69. The zero-order valence-corrected chi connectivity index (χ0v) is 12.3. The van der Waals surface area contributed by atoms with Crippen molar-refractivity contribution in [2.24, 2.45) is 0 Å². The van der Waals surface area contributed by atoms with Gasteiger partial charge in [-0.2, -0.15) is 0 Å². The highest BCUT2D eigenvalue weighted by Gasteiger charge is 2.18. The third kappa shape index (κ3) is 3.78. The van der Waals surface area contributed by atoms with Crippen LogP contribution in [0.4, 0.5) is 5.69 Å². The number of anilines is 1. The van der Waals surface area contributed by atoms with E-state index in [2.05, 4.69) is 17.1 Å². The molecule has 0 radical (unpaired) electrons. The molecule has 18 heavy (non-hydrogen) atoms. The van der Waals surface area contributed by atoms with Gasteiger partial charge in [-0.05, 0) is 44.0 Å². The lowest BCUT2D eigenvalue weighted by molar-refractivity contribution is 0.219. The molecule has 1 fully saturated rings. The van der Waals surface area contributed by atoms with Crippen LogP contribution in [0.25, 0.3) is 0 Å². The van der Waals surface area contributed by atoms with Gasteiger partial charge < -0.3 is 10.2 Å². The largest absolute Gasteiger partial charge is 0.382 e. The molecular weight excluding hydrogens is 267 g/mol. The van der Waals surface area contributed by atoms with Gasteiger partial charge in [0.15, 0.2) is 0 Å². The number of nitrogens with zero attached hydrogens (tertiary/aromatic N) is 1. The maximum atomic E-state index is 6.02. The molecule has 0 amide bonds. The molecule has 1 aromatic carbocycles. The number of rotatable bonds is 4. The summed E-state index contributed by atoms with van der Waals surface area (Å²) in [5.74, 6) is 0. The average Bonchev–Trinajstić information content (AvgIpc) is 2.37. The van der Waals surface area contributed by atoms with E-state index in [-0.39, 0.29) is 0 Å². The summed E-state index contributed by atoms with van der Waals surface area (Å²) in [5.41, 5.74) is 1.07. The quantitative estimate of drug-likeness (QED) is 0.889. The van der Waals surface area contributed by atoms with Crippen LogP contribution in [-0.4, -0.2) is 30.6 Å². The Morgan fingerprint density at radius 3 is 2.56 bits per heavy atom. The number of likely N-dealkylation sites (tertiary alicyclic amines) is 1. The molecule has 0 saturated carbocycles. The Bertz CT molecular complexity index is 387. The van der Waals surface area contributed by atoms with Crippen molar-refractivity contribution in [3.8, 4) is 0 Å². The lowest BCUT2D eigenvalue weighted by atomic mass is 10.0. The Kier molecular flexibility index (Phi) is 5.16. The van der Waals surface area contributed by atoms with Crippen LogP contribution in [0, 0.1) is 0 Å². The number of hydrogen-bond acceptors (Lipinski definition) is 2. The second kappa shape index (κ2) is 6.65. The molecule has 1 aliphatic rings. The molecule has 2 rings (SSSR count). The van der Waals surface area contributed by atoms with Crippen molar-refractivity contribution in [1.29, 1.82) is 0 Å². The van der Waals surface area contributed by atoms with Crippen molar-refractivity contribution >= 4 is 28.9 Å². The average molecular weight is 287 g/mol. The molecule has 0 aromatic heterocycles. The Morgan fingerprint density at radius 2 is 1.94 bits per heavy atom. The normalized spacial score (nSPS) is 17.9. The Hall–Kier alpha value is -0.440. The minimum atomic E-state index is 0.551. The predicted molar refractivity (Wildman–Crippen MR) is 79.8 cm³/mol. The lowest BCUT2D eigenvalue weighted by Gasteiger charge is -2.32. The topological polar surface area (TPSA) is 15.3 Å². The fourth-order valence-corrected chi connectivity index (χ4v) is 2.74.